The third-order valence-corrected chi connectivity index (χ3v) is 4.79. The Kier molecular flexibility index (Phi) is 3.32. The van der Waals surface area contributed by atoms with Crippen molar-refractivity contribution < 1.29 is 0 Å². The van der Waals surface area contributed by atoms with Crippen LogP contribution >= 0.6 is 27.5 Å². The molecule has 0 aliphatic carbocycles. The maximum atomic E-state index is 6.45. The van der Waals surface area contributed by atoms with Crippen LogP contribution in [0.25, 0.3) is 21.7 Å². The zero-order valence-electron chi connectivity index (χ0n) is 11.5. The van der Waals surface area contributed by atoms with E-state index in [9.17, 15) is 0 Å². The van der Waals surface area contributed by atoms with Gasteiger partial charge in [-0.05, 0) is 45.6 Å². The number of para-hydroxylation sites is 1. The van der Waals surface area contributed by atoms with Gasteiger partial charge in [0, 0.05) is 32.0 Å². The number of hydrogen-bond acceptors (Lipinski definition) is 1. The summed E-state index contributed by atoms with van der Waals surface area (Å²) in [5.41, 5.74) is 3.10. The second-order valence-corrected chi connectivity index (χ2v) is 6.39. The summed E-state index contributed by atoms with van der Waals surface area (Å²) in [7, 11) is 0. The number of hydrogen-bond donors (Lipinski definition) is 2. The summed E-state index contributed by atoms with van der Waals surface area (Å²) in [6.07, 6.45) is 1.98. The normalized spacial score (nSPS) is 11.2. The first-order valence-electron chi connectivity index (χ1n) is 6.94. The molecule has 2 N–H and O–H groups in total. The Morgan fingerprint density at radius 2 is 1.73 bits per heavy atom. The number of aromatic amines is 1. The first kappa shape index (κ1) is 13.7. The number of H-pyrrole nitrogens is 1. The maximum absolute atomic E-state index is 6.45. The van der Waals surface area contributed by atoms with E-state index in [-0.39, 0.29) is 0 Å². The molecule has 1 aromatic heterocycles. The Labute approximate surface area is 141 Å². The standard InChI is InChI=1S/C18H12BrClN2/c19-12-5-1-2-7-14(12)22-16-10-21-15-9-8-11-4-3-6-13(20)17(11)18(15)16/h1-10,21-22H. The first-order chi connectivity index (χ1) is 10.7. The molecule has 22 heavy (non-hydrogen) atoms. The van der Waals surface area contributed by atoms with Gasteiger partial charge >= 0.3 is 0 Å². The molecule has 4 rings (SSSR count). The van der Waals surface area contributed by atoms with Crippen molar-refractivity contribution in [3.05, 3.63) is 70.3 Å². The highest BCUT2D eigenvalue weighted by Gasteiger charge is 2.11. The molecule has 3 aromatic carbocycles. The number of fused-ring (bicyclic) bond motifs is 3. The molecule has 0 amide bonds. The Bertz CT molecular complexity index is 991. The van der Waals surface area contributed by atoms with Crippen molar-refractivity contribution in [2.75, 3.05) is 5.32 Å². The van der Waals surface area contributed by atoms with Gasteiger partial charge in [-0.3, -0.25) is 0 Å². The maximum Gasteiger partial charge on any atom is 0.0649 e. The van der Waals surface area contributed by atoms with Crippen molar-refractivity contribution in [1.29, 1.82) is 0 Å². The Morgan fingerprint density at radius 3 is 2.59 bits per heavy atom. The van der Waals surface area contributed by atoms with E-state index in [0.717, 1.165) is 42.5 Å². The molecular formula is C18H12BrClN2. The van der Waals surface area contributed by atoms with Gasteiger partial charge in [-0.2, -0.15) is 0 Å². The molecule has 0 saturated carbocycles. The molecule has 0 spiro atoms. The largest absolute Gasteiger partial charge is 0.359 e. The smallest absolute Gasteiger partial charge is 0.0649 e. The highest BCUT2D eigenvalue weighted by molar-refractivity contribution is 9.10. The van der Waals surface area contributed by atoms with Crippen molar-refractivity contribution >= 4 is 60.6 Å². The van der Waals surface area contributed by atoms with Gasteiger partial charge in [0.15, 0.2) is 0 Å². The summed E-state index contributed by atoms with van der Waals surface area (Å²) in [6.45, 7) is 0. The van der Waals surface area contributed by atoms with E-state index >= 15 is 0 Å². The molecule has 4 heteroatoms. The van der Waals surface area contributed by atoms with Crippen LogP contribution in [0.5, 0.6) is 0 Å². The fourth-order valence-electron chi connectivity index (χ4n) is 2.76. The number of rotatable bonds is 2. The van der Waals surface area contributed by atoms with Crippen LogP contribution in [0.3, 0.4) is 0 Å². The molecule has 0 aliphatic heterocycles. The second kappa shape index (κ2) is 5.34. The molecule has 4 aromatic rings. The van der Waals surface area contributed by atoms with Crippen molar-refractivity contribution in [2.45, 2.75) is 0 Å². The Balaban J connectivity index is 1.97. The van der Waals surface area contributed by atoms with Gasteiger partial charge < -0.3 is 10.3 Å². The van der Waals surface area contributed by atoms with Gasteiger partial charge in [0.25, 0.3) is 0 Å². The molecular weight excluding hydrogens is 360 g/mol. The summed E-state index contributed by atoms with van der Waals surface area (Å²) in [5.74, 6) is 0. The number of halogens is 2. The zero-order valence-corrected chi connectivity index (χ0v) is 13.9. The fourth-order valence-corrected chi connectivity index (χ4v) is 3.42. The molecule has 0 aliphatic rings. The molecule has 2 nitrogen and oxygen atoms in total. The summed E-state index contributed by atoms with van der Waals surface area (Å²) >= 11 is 10.0. The third-order valence-electron chi connectivity index (χ3n) is 3.78. The van der Waals surface area contributed by atoms with Crippen molar-refractivity contribution in [3.8, 4) is 0 Å². The van der Waals surface area contributed by atoms with E-state index in [0.29, 0.717) is 0 Å². The lowest BCUT2D eigenvalue weighted by molar-refractivity contribution is 1.46. The highest BCUT2D eigenvalue weighted by Crippen LogP contribution is 2.37. The quantitative estimate of drug-likeness (QED) is 0.414. The molecule has 0 radical (unpaired) electrons. The molecule has 0 atom stereocenters. The van der Waals surface area contributed by atoms with Gasteiger partial charge in [-0.25, -0.2) is 0 Å². The van der Waals surface area contributed by atoms with E-state index < -0.39 is 0 Å². The van der Waals surface area contributed by atoms with Crippen LogP contribution in [0, 0.1) is 0 Å². The topological polar surface area (TPSA) is 27.8 Å². The predicted octanol–water partition coefficient (Wildman–Crippen LogP) is 6.48. The van der Waals surface area contributed by atoms with E-state index in [2.05, 4.69) is 44.4 Å². The first-order valence-corrected chi connectivity index (χ1v) is 8.11. The zero-order chi connectivity index (χ0) is 15.1. The number of benzene rings is 3. The van der Waals surface area contributed by atoms with E-state index in [1.165, 1.54) is 0 Å². The molecule has 0 saturated heterocycles. The average molecular weight is 372 g/mol. The van der Waals surface area contributed by atoms with Crippen LogP contribution < -0.4 is 5.32 Å². The van der Waals surface area contributed by atoms with Gasteiger partial charge in [0.2, 0.25) is 0 Å². The van der Waals surface area contributed by atoms with Crippen LogP contribution in [0.2, 0.25) is 5.02 Å². The van der Waals surface area contributed by atoms with Gasteiger partial charge in [-0.1, -0.05) is 41.9 Å². The lowest BCUT2D eigenvalue weighted by Gasteiger charge is -2.09. The van der Waals surface area contributed by atoms with Crippen LogP contribution in [-0.4, -0.2) is 4.98 Å². The van der Waals surface area contributed by atoms with Crippen LogP contribution in [0.15, 0.2) is 65.3 Å². The molecule has 0 fully saturated rings. The fraction of sp³-hybridized carbons (Fsp3) is 0. The van der Waals surface area contributed by atoms with Crippen molar-refractivity contribution in [3.63, 3.8) is 0 Å². The van der Waals surface area contributed by atoms with E-state index in [1.54, 1.807) is 0 Å². The summed E-state index contributed by atoms with van der Waals surface area (Å²) < 4.78 is 1.02. The highest BCUT2D eigenvalue weighted by atomic mass is 79.9. The number of aromatic nitrogens is 1. The lowest BCUT2D eigenvalue weighted by atomic mass is 10.1. The predicted molar refractivity (Wildman–Crippen MR) is 98.2 cm³/mol. The minimum absolute atomic E-state index is 0.762. The van der Waals surface area contributed by atoms with Crippen molar-refractivity contribution in [1.82, 2.24) is 4.98 Å². The molecule has 1 heterocycles. The van der Waals surface area contributed by atoms with Crippen LogP contribution in [0.1, 0.15) is 0 Å². The number of anilines is 2. The average Bonchev–Trinajstić information content (AvgIpc) is 2.93. The SMILES string of the molecule is Clc1cccc2ccc3[nH]cc(Nc4ccccc4Br)c3c12. The minimum atomic E-state index is 0.762. The number of nitrogens with one attached hydrogen (secondary N) is 2. The summed E-state index contributed by atoms with van der Waals surface area (Å²) in [6, 6.07) is 18.2. The van der Waals surface area contributed by atoms with E-state index in [1.807, 2.05) is 42.6 Å². The van der Waals surface area contributed by atoms with Gasteiger partial charge in [0.1, 0.15) is 0 Å². The van der Waals surface area contributed by atoms with Crippen LogP contribution in [-0.2, 0) is 0 Å². The van der Waals surface area contributed by atoms with E-state index in [4.69, 9.17) is 11.6 Å². The van der Waals surface area contributed by atoms with Gasteiger partial charge in [0.05, 0.1) is 11.4 Å². The molecule has 0 bridgehead atoms. The minimum Gasteiger partial charge on any atom is -0.359 e. The summed E-state index contributed by atoms with van der Waals surface area (Å²) in [4.78, 5) is 3.31. The third kappa shape index (κ3) is 2.18. The second-order valence-electron chi connectivity index (χ2n) is 5.13. The lowest BCUT2D eigenvalue weighted by Crippen LogP contribution is -1.90. The summed E-state index contributed by atoms with van der Waals surface area (Å²) in [5, 5.41) is 7.55. The monoisotopic (exact) mass is 370 g/mol. The molecule has 108 valence electrons. The van der Waals surface area contributed by atoms with Crippen molar-refractivity contribution in [2.24, 2.45) is 0 Å². The Morgan fingerprint density at radius 1 is 0.864 bits per heavy atom. The Hall–Kier alpha value is -1.97. The molecule has 0 unspecified atom stereocenters. The van der Waals surface area contributed by atoms with Crippen LogP contribution in [0.4, 0.5) is 11.4 Å². The van der Waals surface area contributed by atoms with Gasteiger partial charge in [-0.15, -0.1) is 0 Å².